The van der Waals surface area contributed by atoms with Gasteiger partial charge in [-0.3, -0.25) is 0 Å². The standard InChI is InChI=1S/C17H22N2/c1-4-15(14-10-6-5-7-11-14)18-16-12-8-9-13-17(16)19(2)3/h5-13,15,18H,4H2,1-3H3. The van der Waals surface area contributed by atoms with E-state index in [1.54, 1.807) is 0 Å². The summed E-state index contributed by atoms with van der Waals surface area (Å²) in [6, 6.07) is 19.4. The van der Waals surface area contributed by atoms with E-state index in [1.165, 1.54) is 16.9 Å². The van der Waals surface area contributed by atoms with Gasteiger partial charge in [0.2, 0.25) is 0 Å². The maximum absolute atomic E-state index is 3.65. The summed E-state index contributed by atoms with van der Waals surface area (Å²) in [4.78, 5) is 2.14. The summed E-state index contributed by atoms with van der Waals surface area (Å²) < 4.78 is 0. The minimum absolute atomic E-state index is 0.349. The zero-order valence-electron chi connectivity index (χ0n) is 11.9. The lowest BCUT2D eigenvalue weighted by Gasteiger charge is -2.23. The Morgan fingerprint density at radius 2 is 1.58 bits per heavy atom. The van der Waals surface area contributed by atoms with E-state index >= 15 is 0 Å². The van der Waals surface area contributed by atoms with Gasteiger partial charge in [-0.2, -0.15) is 0 Å². The number of nitrogens with zero attached hydrogens (tertiary/aromatic N) is 1. The molecule has 100 valence electrons. The molecule has 0 fully saturated rings. The molecule has 1 N–H and O–H groups in total. The number of anilines is 2. The third-order valence-corrected chi connectivity index (χ3v) is 3.33. The molecule has 0 aliphatic carbocycles. The SMILES string of the molecule is CCC(Nc1ccccc1N(C)C)c1ccccc1. The van der Waals surface area contributed by atoms with Crippen molar-refractivity contribution in [1.29, 1.82) is 0 Å². The van der Waals surface area contributed by atoms with E-state index in [-0.39, 0.29) is 0 Å². The molecule has 19 heavy (non-hydrogen) atoms. The molecule has 2 aromatic carbocycles. The topological polar surface area (TPSA) is 15.3 Å². The molecule has 0 aromatic heterocycles. The Labute approximate surface area is 116 Å². The molecule has 1 unspecified atom stereocenters. The summed E-state index contributed by atoms with van der Waals surface area (Å²) >= 11 is 0. The first kappa shape index (κ1) is 13.5. The summed E-state index contributed by atoms with van der Waals surface area (Å²) in [5, 5.41) is 3.65. The smallest absolute Gasteiger partial charge is 0.0596 e. The molecule has 2 aromatic rings. The van der Waals surface area contributed by atoms with E-state index in [2.05, 4.69) is 85.8 Å². The van der Waals surface area contributed by atoms with Crippen molar-refractivity contribution in [2.45, 2.75) is 19.4 Å². The number of hydrogen-bond donors (Lipinski definition) is 1. The molecule has 0 aliphatic rings. The highest BCUT2D eigenvalue weighted by atomic mass is 15.1. The highest BCUT2D eigenvalue weighted by molar-refractivity contribution is 5.69. The van der Waals surface area contributed by atoms with Gasteiger partial charge in [-0.05, 0) is 24.1 Å². The third kappa shape index (κ3) is 3.28. The zero-order chi connectivity index (χ0) is 13.7. The van der Waals surface area contributed by atoms with Gasteiger partial charge in [0.15, 0.2) is 0 Å². The molecule has 1 atom stereocenters. The van der Waals surface area contributed by atoms with Crippen LogP contribution < -0.4 is 10.2 Å². The number of rotatable bonds is 5. The van der Waals surface area contributed by atoms with Crippen LogP contribution in [0, 0.1) is 0 Å². The average molecular weight is 254 g/mol. The van der Waals surface area contributed by atoms with E-state index in [0.29, 0.717) is 6.04 Å². The number of benzene rings is 2. The maximum Gasteiger partial charge on any atom is 0.0596 e. The Balaban J connectivity index is 2.24. The van der Waals surface area contributed by atoms with Crippen LogP contribution in [-0.4, -0.2) is 14.1 Å². The summed E-state index contributed by atoms with van der Waals surface area (Å²) in [6.45, 7) is 2.21. The number of nitrogens with one attached hydrogen (secondary N) is 1. The van der Waals surface area contributed by atoms with Gasteiger partial charge in [0, 0.05) is 14.1 Å². The third-order valence-electron chi connectivity index (χ3n) is 3.33. The lowest BCUT2D eigenvalue weighted by Crippen LogP contribution is -2.15. The fourth-order valence-electron chi connectivity index (χ4n) is 2.28. The second kappa shape index (κ2) is 6.28. The Hall–Kier alpha value is -1.96. The molecule has 0 bridgehead atoms. The van der Waals surface area contributed by atoms with E-state index in [4.69, 9.17) is 0 Å². The van der Waals surface area contributed by atoms with Crippen molar-refractivity contribution in [1.82, 2.24) is 0 Å². The van der Waals surface area contributed by atoms with Crippen LogP contribution in [0.3, 0.4) is 0 Å². The van der Waals surface area contributed by atoms with E-state index in [0.717, 1.165) is 6.42 Å². The van der Waals surface area contributed by atoms with Gasteiger partial charge < -0.3 is 10.2 Å². The predicted octanol–water partition coefficient (Wildman–Crippen LogP) is 4.32. The average Bonchev–Trinajstić information content (AvgIpc) is 2.46. The summed E-state index contributed by atoms with van der Waals surface area (Å²) in [7, 11) is 4.15. The number of hydrogen-bond acceptors (Lipinski definition) is 2. The second-order valence-corrected chi connectivity index (χ2v) is 4.93. The van der Waals surface area contributed by atoms with Crippen LogP contribution in [0.2, 0.25) is 0 Å². The number of para-hydroxylation sites is 2. The molecule has 0 spiro atoms. The van der Waals surface area contributed by atoms with Crippen molar-refractivity contribution in [3.05, 3.63) is 60.2 Å². The molecule has 2 heteroatoms. The van der Waals surface area contributed by atoms with Crippen molar-refractivity contribution in [3.8, 4) is 0 Å². The fraction of sp³-hybridized carbons (Fsp3) is 0.294. The highest BCUT2D eigenvalue weighted by Crippen LogP contribution is 2.29. The van der Waals surface area contributed by atoms with Gasteiger partial charge in [-0.1, -0.05) is 49.4 Å². The second-order valence-electron chi connectivity index (χ2n) is 4.93. The van der Waals surface area contributed by atoms with Crippen LogP contribution in [0.25, 0.3) is 0 Å². The highest BCUT2D eigenvalue weighted by Gasteiger charge is 2.11. The largest absolute Gasteiger partial charge is 0.377 e. The van der Waals surface area contributed by atoms with Crippen LogP contribution in [0.1, 0.15) is 24.9 Å². The first-order valence-electron chi connectivity index (χ1n) is 6.80. The molecule has 2 nitrogen and oxygen atoms in total. The molecular formula is C17H22N2. The summed E-state index contributed by atoms with van der Waals surface area (Å²) in [5.74, 6) is 0. The van der Waals surface area contributed by atoms with Crippen LogP contribution in [-0.2, 0) is 0 Å². The van der Waals surface area contributed by atoms with Crippen molar-refractivity contribution >= 4 is 11.4 Å². The Morgan fingerprint density at radius 1 is 0.947 bits per heavy atom. The molecule has 2 rings (SSSR count). The zero-order valence-corrected chi connectivity index (χ0v) is 11.9. The lowest BCUT2D eigenvalue weighted by molar-refractivity contribution is 0.749. The molecular weight excluding hydrogens is 232 g/mol. The Kier molecular flexibility index (Phi) is 4.45. The molecule has 0 saturated carbocycles. The first-order valence-corrected chi connectivity index (χ1v) is 6.80. The lowest BCUT2D eigenvalue weighted by atomic mass is 10.0. The van der Waals surface area contributed by atoms with E-state index in [9.17, 15) is 0 Å². The van der Waals surface area contributed by atoms with Gasteiger partial charge >= 0.3 is 0 Å². The fourth-order valence-corrected chi connectivity index (χ4v) is 2.28. The Morgan fingerprint density at radius 3 is 2.21 bits per heavy atom. The normalized spacial score (nSPS) is 11.9. The molecule has 0 aliphatic heterocycles. The predicted molar refractivity (Wildman–Crippen MR) is 83.9 cm³/mol. The quantitative estimate of drug-likeness (QED) is 0.855. The van der Waals surface area contributed by atoms with Gasteiger partial charge in [-0.25, -0.2) is 0 Å². The van der Waals surface area contributed by atoms with Crippen LogP contribution in [0.4, 0.5) is 11.4 Å². The van der Waals surface area contributed by atoms with Crippen LogP contribution in [0.15, 0.2) is 54.6 Å². The minimum Gasteiger partial charge on any atom is -0.377 e. The van der Waals surface area contributed by atoms with Gasteiger partial charge in [0.1, 0.15) is 0 Å². The molecule has 0 amide bonds. The Bertz CT molecular complexity index is 506. The van der Waals surface area contributed by atoms with E-state index in [1.807, 2.05) is 0 Å². The van der Waals surface area contributed by atoms with Gasteiger partial charge in [0.25, 0.3) is 0 Å². The van der Waals surface area contributed by atoms with Crippen molar-refractivity contribution in [2.24, 2.45) is 0 Å². The van der Waals surface area contributed by atoms with Gasteiger partial charge in [-0.15, -0.1) is 0 Å². The molecule has 0 radical (unpaired) electrons. The maximum atomic E-state index is 3.65. The van der Waals surface area contributed by atoms with Crippen molar-refractivity contribution < 1.29 is 0 Å². The van der Waals surface area contributed by atoms with Gasteiger partial charge in [0.05, 0.1) is 17.4 Å². The minimum atomic E-state index is 0.349. The molecule has 0 heterocycles. The summed E-state index contributed by atoms with van der Waals surface area (Å²) in [6.07, 6.45) is 1.06. The first-order chi connectivity index (χ1) is 9.22. The van der Waals surface area contributed by atoms with E-state index < -0.39 is 0 Å². The monoisotopic (exact) mass is 254 g/mol. The van der Waals surface area contributed by atoms with Crippen molar-refractivity contribution in [3.63, 3.8) is 0 Å². The van der Waals surface area contributed by atoms with Crippen LogP contribution >= 0.6 is 0 Å². The van der Waals surface area contributed by atoms with Crippen LogP contribution in [0.5, 0.6) is 0 Å². The summed E-state index contributed by atoms with van der Waals surface area (Å²) in [5.41, 5.74) is 3.73. The molecule has 0 saturated heterocycles. The van der Waals surface area contributed by atoms with Crippen molar-refractivity contribution in [2.75, 3.05) is 24.3 Å².